The van der Waals surface area contributed by atoms with Crippen molar-refractivity contribution in [3.8, 4) is 0 Å². The summed E-state index contributed by atoms with van der Waals surface area (Å²) in [6.07, 6.45) is 16.4. The van der Waals surface area contributed by atoms with Crippen molar-refractivity contribution in [1.29, 1.82) is 0 Å². The Hall–Kier alpha value is -1.61. The Morgan fingerprint density at radius 1 is 0.892 bits per heavy atom. The first-order chi connectivity index (χ1) is 17.6. The number of hydrogen-bond donors (Lipinski definition) is 1. The molecule has 5 aliphatic carbocycles. The summed E-state index contributed by atoms with van der Waals surface area (Å²) >= 11 is 0. The molecule has 3 heteroatoms. The van der Waals surface area contributed by atoms with Crippen LogP contribution in [0.15, 0.2) is 30.3 Å². The van der Waals surface area contributed by atoms with Gasteiger partial charge in [0.1, 0.15) is 0 Å². The maximum absolute atomic E-state index is 11.9. The minimum absolute atomic E-state index is 0.257. The topological polar surface area (TPSA) is 38.3 Å². The SMILES string of the molecule is CNC12CCCC1C1CCC3C4(C)CC=C(c5ccc(C(=O)OC)cc5)C(C)C4CCC3(C)[C@]1(C)CC2. The zero-order valence-electron chi connectivity index (χ0n) is 24.2. The van der Waals surface area contributed by atoms with Crippen LogP contribution in [-0.4, -0.2) is 25.7 Å². The quantitative estimate of drug-likeness (QED) is 0.426. The molecule has 5 aliphatic rings. The highest BCUT2D eigenvalue weighted by atomic mass is 16.5. The van der Waals surface area contributed by atoms with Gasteiger partial charge in [0.05, 0.1) is 12.7 Å². The fourth-order valence-corrected chi connectivity index (χ4v) is 11.5. The van der Waals surface area contributed by atoms with Crippen LogP contribution in [0.5, 0.6) is 0 Å². The fourth-order valence-electron chi connectivity index (χ4n) is 11.5. The standard InChI is InChI=1S/C34H49NO2/c1-22-25(23-9-11-24(12-10-23)30(36)37-6)15-18-31(2)26(22)16-19-33(4)29(31)14-13-27-28-8-7-17-34(28,35-5)21-20-32(27,33)3/h9-12,15,22,26-29,35H,7-8,13-14,16-21H2,1-6H3/t22?,26?,27?,28?,29?,31?,32-,33?,34?/m1/s1. The summed E-state index contributed by atoms with van der Waals surface area (Å²) in [5.74, 6) is 3.61. The van der Waals surface area contributed by atoms with Crippen LogP contribution >= 0.6 is 0 Å². The second-order valence-corrected chi connectivity index (χ2v) is 14.3. The highest BCUT2D eigenvalue weighted by Crippen LogP contribution is 2.75. The predicted molar refractivity (Wildman–Crippen MR) is 151 cm³/mol. The second kappa shape index (κ2) is 8.70. The van der Waals surface area contributed by atoms with E-state index < -0.39 is 0 Å². The summed E-state index contributed by atoms with van der Waals surface area (Å²) in [7, 11) is 3.70. The molecule has 37 heavy (non-hydrogen) atoms. The second-order valence-electron chi connectivity index (χ2n) is 14.3. The molecule has 4 saturated carbocycles. The van der Waals surface area contributed by atoms with Crippen molar-refractivity contribution in [2.24, 2.45) is 45.8 Å². The molecule has 3 nitrogen and oxygen atoms in total. The van der Waals surface area contributed by atoms with Crippen LogP contribution < -0.4 is 5.32 Å². The highest BCUT2D eigenvalue weighted by molar-refractivity contribution is 5.89. The summed E-state index contributed by atoms with van der Waals surface area (Å²) < 4.78 is 4.91. The van der Waals surface area contributed by atoms with E-state index in [0.29, 0.717) is 33.3 Å². The van der Waals surface area contributed by atoms with Gasteiger partial charge in [0, 0.05) is 5.54 Å². The monoisotopic (exact) mass is 503 g/mol. The van der Waals surface area contributed by atoms with Gasteiger partial charge in [0.2, 0.25) is 0 Å². The molecular weight excluding hydrogens is 454 g/mol. The van der Waals surface area contributed by atoms with E-state index in [-0.39, 0.29) is 5.97 Å². The highest BCUT2D eigenvalue weighted by Gasteiger charge is 2.68. The first-order valence-corrected chi connectivity index (χ1v) is 15.2. The molecule has 9 atom stereocenters. The zero-order valence-corrected chi connectivity index (χ0v) is 24.2. The van der Waals surface area contributed by atoms with Crippen molar-refractivity contribution in [3.63, 3.8) is 0 Å². The van der Waals surface area contributed by atoms with Crippen LogP contribution in [-0.2, 0) is 4.74 Å². The molecule has 0 spiro atoms. The van der Waals surface area contributed by atoms with Crippen LogP contribution in [0.1, 0.15) is 108 Å². The van der Waals surface area contributed by atoms with E-state index in [1.807, 2.05) is 12.1 Å². The number of esters is 1. The summed E-state index contributed by atoms with van der Waals surface area (Å²) in [5.41, 5.74) is 5.12. The molecule has 1 aromatic rings. The molecule has 1 aromatic carbocycles. The van der Waals surface area contributed by atoms with Crippen molar-refractivity contribution in [2.45, 2.75) is 97.4 Å². The maximum atomic E-state index is 11.9. The summed E-state index contributed by atoms with van der Waals surface area (Å²) in [6.45, 7) is 10.6. The van der Waals surface area contributed by atoms with Gasteiger partial charge in [-0.25, -0.2) is 4.79 Å². The van der Waals surface area contributed by atoms with Gasteiger partial charge < -0.3 is 10.1 Å². The van der Waals surface area contributed by atoms with E-state index in [4.69, 9.17) is 4.74 Å². The summed E-state index contributed by atoms with van der Waals surface area (Å²) in [5, 5.41) is 3.87. The van der Waals surface area contributed by atoms with Gasteiger partial charge in [-0.2, -0.15) is 0 Å². The van der Waals surface area contributed by atoms with E-state index in [1.54, 1.807) is 0 Å². The molecule has 202 valence electrons. The van der Waals surface area contributed by atoms with E-state index in [9.17, 15) is 4.79 Å². The van der Waals surface area contributed by atoms with Gasteiger partial charge in [0.25, 0.3) is 0 Å². The lowest BCUT2D eigenvalue weighted by atomic mass is 9.34. The number of allylic oxidation sites excluding steroid dienone is 2. The average Bonchev–Trinajstić information content (AvgIpc) is 3.33. The maximum Gasteiger partial charge on any atom is 0.337 e. The fraction of sp³-hybridized carbons (Fsp3) is 0.735. The number of fused-ring (bicyclic) bond motifs is 7. The van der Waals surface area contributed by atoms with E-state index >= 15 is 0 Å². The molecule has 0 aliphatic heterocycles. The first-order valence-electron chi connectivity index (χ1n) is 15.2. The molecule has 0 aromatic heterocycles. The van der Waals surface area contributed by atoms with Gasteiger partial charge >= 0.3 is 5.97 Å². The zero-order chi connectivity index (χ0) is 26.2. The third-order valence-corrected chi connectivity index (χ3v) is 13.7. The summed E-state index contributed by atoms with van der Waals surface area (Å²) in [6, 6.07) is 8.13. The molecular formula is C34H49NO2. The number of carbonyl (C=O) groups is 1. The molecule has 0 radical (unpaired) electrons. The van der Waals surface area contributed by atoms with Crippen molar-refractivity contribution in [2.75, 3.05) is 14.2 Å². The van der Waals surface area contributed by atoms with Crippen LogP contribution in [0.25, 0.3) is 5.57 Å². The number of nitrogens with one attached hydrogen (secondary N) is 1. The minimum Gasteiger partial charge on any atom is -0.465 e. The van der Waals surface area contributed by atoms with Crippen LogP contribution in [0.4, 0.5) is 0 Å². The first kappa shape index (κ1) is 25.7. The van der Waals surface area contributed by atoms with Crippen molar-refractivity contribution in [1.82, 2.24) is 5.32 Å². The number of hydrogen-bond acceptors (Lipinski definition) is 3. The Morgan fingerprint density at radius 2 is 1.65 bits per heavy atom. The number of carbonyl (C=O) groups excluding carboxylic acids is 1. The van der Waals surface area contributed by atoms with Gasteiger partial charge in [-0.1, -0.05) is 52.3 Å². The van der Waals surface area contributed by atoms with E-state index in [2.05, 4.69) is 58.3 Å². The van der Waals surface area contributed by atoms with Crippen LogP contribution in [0.2, 0.25) is 0 Å². The normalized spacial score (nSPS) is 46.6. The Morgan fingerprint density at radius 3 is 2.35 bits per heavy atom. The van der Waals surface area contributed by atoms with Gasteiger partial charge in [-0.05, 0) is 134 Å². The van der Waals surface area contributed by atoms with E-state index in [0.717, 1.165) is 23.7 Å². The average molecular weight is 504 g/mol. The predicted octanol–water partition coefficient (Wildman–Crippen LogP) is 7.90. The molecule has 6 rings (SSSR count). The number of methoxy groups -OCH3 is 1. The molecule has 4 fully saturated rings. The van der Waals surface area contributed by atoms with Crippen LogP contribution in [0.3, 0.4) is 0 Å². The Kier molecular flexibility index (Phi) is 6.03. The largest absolute Gasteiger partial charge is 0.465 e. The lowest BCUT2D eigenvalue weighted by Crippen LogP contribution is -2.66. The van der Waals surface area contributed by atoms with Crippen molar-refractivity contribution >= 4 is 11.5 Å². The summed E-state index contributed by atoms with van der Waals surface area (Å²) in [4.78, 5) is 11.9. The molecule has 1 N–H and O–H groups in total. The third kappa shape index (κ3) is 3.38. The third-order valence-electron chi connectivity index (χ3n) is 13.7. The minimum atomic E-state index is -0.257. The van der Waals surface area contributed by atoms with Crippen molar-refractivity contribution < 1.29 is 9.53 Å². The molecule has 0 amide bonds. The molecule has 0 heterocycles. The molecule has 8 unspecified atom stereocenters. The number of ether oxygens (including phenoxy) is 1. The Balaban J connectivity index is 1.30. The van der Waals surface area contributed by atoms with E-state index in [1.165, 1.54) is 82.5 Å². The smallest absolute Gasteiger partial charge is 0.337 e. The number of benzene rings is 1. The lowest BCUT2D eigenvalue weighted by Gasteiger charge is -2.71. The molecule has 0 bridgehead atoms. The van der Waals surface area contributed by atoms with Gasteiger partial charge in [-0.3, -0.25) is 0 Å². The van der Waals surface area contributed by atoms with Crippen molar-refractivity contribution in [3.05, 3.63) is 41.5 Å². The van der Waals surface area contributed by atoms with Gasteiger partial charge in [0.15, 0.2) is 0 Å². The number of rotatable bonds is 3. The Labute approximate surface area is 225 Å². The van der Waals surface area contributed by atoms with Crippen LogP contribution in [0, 0.1) is 45.8 Å². The molecule has 0 saturated heterocycles. The lowest BCUT2D eigenvalue weighted by molar-refractivity contribution is -0.211. The van der Waals surface area contributed by atoms with Gasteiger partial charge in [-0.15, -0.1) is 0 Å². The Bertz CT molecular complexity index is 1090.